The number of hydrogen-bond acceptors (Lipinski definition) is 26. The van der Waals surface area contributed by atoms with Crippen LogP contribution in [0.15, 0.2) is 89.5 Å². The molecule has 14 rings (SSSR count). The number of aliphatic imine (C=N–C) groups is 1. The van der Waals surface area contributed by atoms with Gasteiger partial charge in [-0.05, 0) is 102 Å². The van der Waals surface area contributed by atoms with Crippen LogP contribution in [0.5, 0.6) is 0 Å². The van der Waals surface area contributed by atoms with E-state index in [1.807, 2.05) is 34.6 Å². The number of piperidine rings is 1. The number of unbranched alkanes of at least 4 members (excludes halogenated alkanes) is 9. The predicted octanol–water partition coefficient (Wildman–Crippen LogP) is 14.2. The Morgan fingerprint density at radius 2 is 0.931 bits per heavy atom. The Kier molecular flexibility index (Phi) is 31.9. The molecule has 0 spiro atoms. The summed E-state index contributed by atoms with van der Waals surface area (Å²) in [7, 11) is 2.62. The van der Waals surface area contributed by atoms with Crippen molar-refractivity contribution in [3.63, 3.8) is 0 Å². The summed E-state index contributed by atoms with van der Waals surface area (Å²) in [5.41, 5.74) is 5.12. The zero-order valence-electron chi connectivity index (χ0n) is 76.3. The van der Waals surface area contributed by atoms with Crippen LogP contribution in [0.25, 0.3) is 59.7 Å². The lowest BCUT2D eigenvalue weighted by Crippen LogP contribution is -2.52. The highest BCUT2D eigenvalue weighted by atomic mass is 16.6. The average Bonchev–Trinajstić information content (AvgIpc) is 0.691. The number of rotatable bonds is 42. The number of carbonyl (C=O) groups is 15. The van der Waals surface area contributed by atoms with Gasteiger partial charge in [0.15, 0.2) is 12.5 Å². The van der Waals surface area contributed by atoms with Gasteiger partial charge in [0.1, 0.15) is 32.2 Å². The third-order valence-corrected chi connectivity index (χ3v) is 25.7. The Bertz CT molecular complexity index is 5380. The number of alkyl carbamates (subject to hydrolysis) is 1. The van der Waals surface area contributed by atoms with Crippen LogP contribution in [-0.4, -0.2) is 215 Å². The molecular weight excluding hydrogens is 1670 g/mol. The Labute approximate surface area is 754 Å². The Balaban J connectivity index is 0.000000208. The molecule has 2 aliphatic carbocycles. The van der Waals surface area contributed by atoms with Crippen molar-refractivity contribution in [3.05, 3.63) is 129 Å². The summed E-state index contributed by atoms with van der Waals surface area (Å²) in [6, 6.07) is 9.98. The normalized spacial score (nSPS) is 17.0. The molecule has 690 valence electrons. The quantitative estimate of drug-likeness (QED) is 0.00896. The first-order chi connectivity index (χ1) is 62.4. The maximum atomic E-state index is 14.2. The first-order valence-corrected chi connectivity index (χ1v) is 45.4. The highest BCUT2D eigenvalue weighted by Crippen LogP contribution is 2.54. The fourth-order valence-electron chi connectivity index (χ4n) is 17.3. The van der Waals surface area contributed by atoms with E-state index in [0.29, 0.717) is 139 Å². The number of imide groups is 4. The Morgan fingerprint density at radius 1 is 0.462 bits per heavy atom. The molecule has 5 aliphatic heterocycles. The topological polar surface area (TPSA) is 409 Å². The number of pyridine rings is 3. The van der Waals surface area contributed by atoms with Crippen molar-refractivity contribution in [3.8, 4) is 0 Å². The molecule has 130 heavy (non-hydrogen) atoms. The second-order valence-electron chi connectivity index (χ2n) is 34.6. The largest absolute Gasteiger partial charge is 0.465 e. The molecule has 7 aliphatic rings. The molecule has 32 nitrogen and oxygen atoms in total. The summed E-state index contributed by atoms with van der Waals surface area (Å²) in [4.78, 5) is 218. The van der Waals surface area contributed by atoms with Gasteiger partial charge in [-0.3, -0.25) is 92.1 Å². The van der Waals surface area contributed by atoms with Gasteiger partial charge in [-0.25, -0.2) is 14.6 Å². The zero-order valence-corrected chi connectivity index (χ0v) is 76.3. The van der Waals surface area contributed by atoms with Gasteiger partial charge >= 0.3 is 30.0 Å². The predicted molar refractivity (Wildman–Crippen MR) is 482 cm³/mol. The van der Waals surface area contributed by atoms with E-state index in [9.17, 15) is 71.9 Å². The zero-order chi connectivity index (χ0) is 93.7. The number of fused-ring (bicyclic) bond motifs is 4. The lowest BCUT2D eigenvalue weighted by Gasteiger charge is -2.44. The molecule has 1 fully saturated rings. The summed E-state index contributed by atoms with van der Waals surface area (Å²) in [5.74, 6) is -6.96. The second kappa shape index (κ2) is 42.9. The average molecular weight is 1790 g/mol. The minimum atomic E-state index is -1.25. The fraction of sp³-hybridized carbons (Fsp3) is 0.500. The van der Waals surface area contributed by atoms with E-state index in [2.05, 4.69) is 24.5 Å². The summed E-state index contributed by atoms with van der Waals surface area (Å²) in [6.07, 6.45) is 21.9. The monoisotopic (exact) mass is 1780 g/mol. The van der Waals surface area contributed by atoms with Crippen molar-refractivity contribution in [1.82, 2.24) is 45.2 Å². The van der Waals surface area contributed by atoms with Gasteiger partial charge in [0.25, 0.3) is 47.3 Å². The van der Waals surface area contributed by atoms with E-state index in [1.54, 1.807) is 69.3 Å². The number of esters is 4. The number of allylic oxidation sites excluding steroid dienone is 3. The lowest BCUT2D eigenvalue weighted by molar-refractivity contribution is -0.155. The molecule has 10 amide bonds. The van der Waals surface area contributed by atoms with Crippen LogP contribution in [0.2, 0.25) is 0 Å². The van der Waals surface area contributed by atoms with Crippen LogP contribution in [0, 0.1) is 35.0 Å². The summed E-state index contributed by atoms with van der Waals surface area (Å²) >= 11 is 0. The summed E-state index contributed by atoms with van der Waals surface area (Å²) < 4.78 is 38.0. The molecule has 0 saturated carbocycles. The van der Waals surface area contributed by atoms with E-state index in [0.717, 1.165) is 95.8 Å². The summed E-state index contributed by atoms with van der Waals surface area (Å²) in [6.45, 7) is 21.0. The number of likely N-dealkylation sites (tertiary alicyclic amines) is 1. The highest BCUT2D eigenvalue weighted by molar-refractivity contribution is 6.40. The van der Waals surface area contributed by atoms with Crippen LogP contribution >= 0.6 is 0 Å². The third kappa shape index (κ3) is 20.0. The standard InChI is InChI=1S/C48H54N6O12.C36H34N4O8.C14H28O2/c1-27(55)15-11-7-5-10-14-22-50-48(62)66-26-36(64-4)54-45(59)32-20-18-30-41-39(32)34(47(54)61)24-52-43(41)29-17-19-31-38-33(23-51-42(30)40(29)38)46(60)53(44(31)58)35(63-3)25-65-37(57)16-12-8-6-9-13-21-49-28(2)56;1-5-17(3)35(45)47-13-11-39-31(41)21-9-7-19-27-25(21)23(33(39)43)15-37-29(27)20-8-10-22-26-24(16-38-30(19)28(20)26)34(44)40(32(22)42)12-14-48-36(46)18(4)6-2;1-6-9-10-12(7-2)11-16-13(15)14(4,5)8-3/h17-20,23-24,35-36H,5-16,21-22,25-26H2,1-4H3,(H,49,56)(H,50,62);7-10,15-18,25,27H,5-6,11-14H2,1-4H3;12H,6-11H2,1-5H3. The molecule has 32 heteroatoms. The van der Waals surface area contributed by atoms with E-state index >= 15 is 0 Å². The number of methoxy groups -OCH3 is 2. The van der Waals surface area contributed by atoms with Crippen LogP contribution in [0.1, 0.15) is 272 Å². The highest BCUT2D eigenvalue weighted by Gasteiger charge is 2.53. The molecule has 2 N–H and O–H groups in total. The van der Waals surface area contributed by atoms with Gasteiger partial charge in [0, 0.05) is 160 Å². The van der Waals surface area contributed by atoms with Crippen LogP contribution in [0.4, 0.5) is 4.79 Å². The minimum Gasteiger partial charge on any atom is -0.465 e. The van der Waals surface area contributed by atoms with Crippen LogP contribution in [0.3, 0.4) is 0 Å². The molecular formula is C98H116N10O22. The molecule has 1 saturated heterocycles. The van der Waals surface area contributed by atoms with Crippen molar-refractivity contribution in [2.24, 2.45) is 40.0 Å². The fourth-order valence-corrected chi connectivity index (χ4v) is 17.3. The maximum absolute atomic E-state index is 14.2. The van der Waals surface area contributed by atoms with Crippen molar-refractivity contribution in [2.45, 2.75) is 211 Å². The Hall–Kier alpha value is -12.5. The molecule has 0 bridgehead atoms. The molecule has 4 aromatic carbocycles. The van der Waals surface area contributed by atoms with Crippen LogP contribution < -0.4 is 10.6 Å². The number of Topliss-reactive ketones (excluding diaryl/α,β-unsaturated/α-hetero) is 1. The van der Waals surface area contributed by atoms with Crippen molar-refractivity contribution >= 4 is 154 Å². The smallest absolute Gasteiger partial charge is 0.407 e. The number of hydrogen-bond donors (Lipinski definition) is 2. The lowest BCUT2D eigenvalue weighted by atomic mass is 9.63. The van der Waals surface area contributed by atoms with Gasteiger partial charge in [-0.2, -0.15) is 0 Å². The van der Waals surface area contributed by atoms with E-state index in [-0.39, 0.29) is 114 Å². The number of carbonyl (C=O) groups excluding carboxylic acids is 15. The van der Waals surface area contributed by atoms with E-state index < -0.39 is 90.2 Å². The number of aromatic nitrogens is 3. The number of ether oxygens (including phenoxy) is 7. The minimum absolute atomic E-state index is 0.0510. The van der Waals surface area contributed by atoms with Gasteiger partial charge in [-0.1, -0.05) is 137 Å². The number of amides is 10. The summed E-state index contributed by atoms with van der Waals surface area (Å²) in [5, 5.41) is 9.31. The molecule has 7 unspecified atom stereocenters. The van der Waals surface area contributed by atoms with E-state index in [4.69, 9.17) is 53.1 Å². The maximum Gasteiger partial charge on any atom is 0.407 e. The van der Waals surface area contributed by atoms with Crippen molar-refractivity contribution in [1.29, 1.82) is 0 Å². The molecule has 3 aromatic heterocycles. The Morgan fingerprint density at radius 3 is 1.47 bits per heavy atom. The van der Waals surface area contributed by atoms with Gasteiger partial charge in [0.05, 0.1) is 76.1 Å². The van der Waals surface area contributed by atoms with Gasteiger partial charge in [0.2, 0.25) is 5.91 Å². The molecule has 7 aromatic rings. The number of nitrogens with one attached hydrogen (secondary N) is 2. The third-order valence-electron chi connectivity index (χ3n) is 25.7. The first kappa shape index (κ1) is 96.6. The molecule has 7 atom stereocenters. The molecule has 8 heterocycles. The second-order valence-corrected chi connectivity index (χ2v) is 34.6. The van der Waals surface area contributed by atoms with Crippen LogP contribution in [-0.2, 0) is 71.5 Å². The number of benzene rings is 4. The van der Waals surface area contributed by atoms with Gasteiger partial charge in [-0.15, -0.1) is 0 Å². The van der Waals surface area contributed by atoms with E-state index in [1.165, 1.54) is 65.2 Å². The van der Waals surface area contributed by atoms with Gasteiger partial charge < -0.3 is 48.6 Å². The number of ketones is 1. The first-order valence-electron chi connectivity index (χ1n) is 45.4. The molecule has 0 radical (unpaired) electrons. The van der Waals surface area contributed by atoms with Crippen molar-refractivity contribution in [2.75, 3.05) is 73.4 Å². The van der Waals surface area contributed by atoms with Crippen molar-refractivity contribution < 1.29 is 105 Å². The SMILES string of the molecule is CCC(C)C(=O)OCCN1C(=O)C2=CC=C3c4ncc5c6c(ccc(c46)C4=NC=C(C1=O)C2C34)C(=O)N(CCOC(=O)C(C)CC)C5=O.CCCCC(CC)COC(=O)C(C)(C)CC.COC(COC(=O)CCCCCCCNC(C)=O)N1C(=O)c2ccc3c4ncc5c6c(ccc(c7ncc(c2c37)C1=O)c64)C(=O)N(C(COC(=O)NCCCCCCCC(C)=O)OC)C5=O. The number of nitrogens with zero attached hydrogens (tertiary/aromatic N) is 8.